The molecule has 0 radical (unpaired) electrons. The summed E-state index contributed by atoms with van der Waals surface area (Å²) in [5.74, 6) is 0. The van der Waals surface area contributed by atoms with Gasteiger partial charge in [0.2, 0.25) is 0 Å². The van der Waals surface area contributed by atoms with Gasteiger partial charge in [0.25, 0.3) is 0 Å². The molecule has 5 nitrogen and oxygen atoms in total. The fourth-order valence-electron chi connectivity index (χ4n) is 3.30. The molecule has 2 aromatic rings. The number of para-hydroxylation sites is 2. The number of imidazole rings is 1. The van der Waals surface area contributed by atoms with Crippen LogP contribution in [0.2, 0.25) is 0 Å². The summed E-state index contributed by atoms with van der Waals surface area (Å²) in [7, 11) is 0. The van der Waals surface area contributed by atoms with Gasteiger partial charge in [0.15, 0.2) is 0 Å². The lowest BCUT2D eigenvalue weighted by molar-refractivity contribution is 0.235. The summed E-state index contributed by atoms with van der Waals surface area (Å²) in [6, 6.07) is 8.46. The van der Waals surface area contributed by atoms with Crippen molar-refractivity contribution >= 4 is 17.1 Å². The lowest BCUT2D eigenvalue weighted by atomic mass is 10.1. The van der Waals surface area contributed by atoms with Crippen molar-refractivity contribution in [2.45, 2.75) is 57.5 Å². The van der Waals surface area contributed by atoms with E-state index in [2.05, 4.69) is 26.3 Å². The molecule has 0 saturated heterocycles. The summed E-state index contributed by atoms with van der Waals surface area (Å²) in [5.41, 5.74) is 2.17. The number of nitrogens with one attached hydrogen (secondary N) is 2. The highest BCUT2D eigenvalue weighted by atomic mass is 16.2. The average molecular weight is 314 g/mol. The number of amides is 2. The number of carbonyl (C=O) groups is 1. The third-order valence-electron chi connectivity index (χ3n) is 4.58. The van der Waals surface area contributed by atoms with E-state index in [0.717, 1.165) is 36.8 Å². The molecule has 2 N–H and O–H groups in total. The van der Waals surface area contributed by atoms with Gasteiger partial charge in [-0.2, -0.15) is 0 Å². The van der Waals surface area contributed by atoms with E-state index < -0.39 is 0 Å². The van der Waals surface area contributed by atoms with Crippen LogP contribution in [-0.4, -0.2) is 28.2 Å². The predicted molar refractivity (Wildman–Crippen MR) is 92.4 cm³/mol. The first-order valence-electron chi connectivity index (χ1n) is 8.77. The Morgan fingerprint density at radius 3 is 2.78 bits per heavy atom. The normalized spacial score (nSPS) is 16.2. The molecule has 2 amide bonds. The first-order valence-corrected chi connectivity index (χ1v) is 8.77. The topological polar surface area (TPSA) is 59.0 Å². The maximum atomic E-state index is 12.0. The fraction of sp³-hybridized carbons (Fsp3) is 0.556. The Morgan fingerprint density at radius 2 is 1.96 bits per heavy atom. The van der Waals surface area contributed by atoms with Crippen LogP contribution >= 0.6 is 0 Å². The van der Waals surface area contributed by atoms with Gasteiger partial charge in [0.05, 0.1) is 17.4 Å². The summed E-state index contributed by atoms with van der Waals surface area (Å²) in [4.78, 5) is 16.3. The van der Waals surface area contributed by atoms with Gasteiger partial charge in [0.1, 0.15) is 0 Å². The number of benzene rings is 1. The van der Waals surface area contributed by atoms with Gasteiger partial charge >= 0.3 is 6.03 Å². The summed E-state index contributed by atoms with van der Waals surface area (Å²) in [6.07, 6.45) is 10.1. The predicted octanol–water partition coefficient (Wildman–Crippen LogP) is 3.45. The van der Waals surface area contributed by atoms with Gasteiger partial charge in [-0.1, -0.05) is 37.8 Å². The van der Waals surface area contributed by atoms with Crippen LogP contribution in [0.3, 0.4) is 0 Å². The Hall–Kier alpha value is -2.04. The highest BCUT2D eigenvalue weighted by molar-refractivity contribution is 5.75. The highest BCUT2D eigenvalue weighted by Crippen LogP contribution is 2.17. The molecule has 1 aliphatic rings. The van der Waals surface area contributed by atoms with Crippen molar-refractivity contribution < 1.29 is 4.79 Å². The number of urea groups is 1. The molecule has 0 atom stereocenters. The minimum Gasteiger partial charge on any atom is -0.338 e. The van der Waals surface area contributed by atoms with Gasteiger partial charge in [-0.05, 0) is 31.4 Å². The van der Waals surface area contributed by atoms with Gasteiger partial charge < -0.3 is 15.2 Å². The minimum atomic E-state index is -0.0209. The first-order chi connectivity index (χ1) is 11.3. The van der Waals surface area contributed by atoms with Crippen LogP contribution in [0.1, 0.15) is 44.9 Å². The van der Waals surface area contributed by atoms with Crippen LogP contribution in [0.15, 0.2) is 30.6 Å². The molecule has 1 saturated carbocycles. The van der Waals surface area contributed by atoms with Crippen LogP contribution in [0.5, 0.6) is 0 Å². The van der Waals surface area contributed by atoms with Crippen molar-refractivity contribution in [1.29, 1.82) is 0 Å². The molecule has 1 aromatic carbocycles. The first kappa shape index (κ1) is 15.8. The number of rotatable bonds is 5. The van der Waals surface area contributed by atoms with Gasteiger partial charge in [-0.25, -0.2) is 9.78 Å². The Morgan fingerprint density at radius 1 is 1.17 bits per heavy atom. The Balaban J connectivity index is 1.38. The second-order valence-corrected chi connectivity index (χ2v) is 6.37. The zero-order valence-corrected chi connectivity index (χ0v) is 13.6. The SMILES string of the molecule is O=C(NCCCn1cnc2ccccc21)NC1CCCCCC1. The summed E-state index contributed by atoms with van der Waals surface area (Å²) in [6.45, 7) is 1.55. The molecule has 1 aromatic heterocycles. The van der Waals surface area contributed by atoms with E-state index in [1.54, 1.807) is 0 Å². The summed E-state index contributed by atoms with van der Waals surface area (Å²) >= 11 is 0. The van der Waals surface area contributed by atoms with Crippen LogP contribution in [0, 0.1) is 0 Å². The van der Waals surface area contributed by atoms with Gasteiger partial charge in [-0.15, -0.1) is 0 Å². The number of carbonyl (C=O) groups excluding carboxylic acids is 1. The molecule has 23 heavy (non-hydrogen) atoms. The number of hydrogen-bond acceptors (Lipinski definition) is 2. The third kappa shape index (κ3) is 4.47. The van der Waals surface area contributed by atoms with Crippen LogP contribution < -0.4 is 10.6 Å². The van der Waals surface area contributed by atoms with E-state index in [0.29, 0.717) is 12.6 Å². The number of nitrogens with zero attached hydrogens (tertiary/aromatic N) is 2. The van der Waals surface area contributed by atoms with Gasteiger partial charge in [-0.3, -0.25) is 0 Å². The molecule has 0 aliphatic heterocycles. The molecule has 0 unspecified atom stereocenters. The molecule has 1 fully saturated rings. The Labute approximate surface area is 137 Å². The summed E-state index contributed by atoms with van der Waals surface area (Å²) in [5, 5.41) is 6.09. The van der Waals surface area contributed by atoms with Crippen molar-refractivity contribution in [3.8, 4) is 0 Å². The van der Waals surface area contributed by atoms with Crippen molar-refractivity contribution in [2.75, 3.05) is 6.54 Å². The van der Waals surface area contributed by atoms with E-state index in [9.17, 15) is 4.79 Å². The Kier molecular flexibility index (Phi) is 5.51. The average Bonchev–Trinajstić information content (AvgIpc) is 2.80. The number of aromatic nitrogens is 2. The monoisotopic (exact) mass is 314 g/mol. The second kappa shape index (κ2) is 7.99. The molecule has 1 heterocycles. The zero-order valence-electron chi connectivity index (χ0n) is 13.6. The lowest BCUT2D eigenvalue weighted by Crippen LogP contribution is -2.42. The molecular formula is C18H26N4O. The van der Waals surface area contributed by atoms with Gasteiger partial charge in [0, 0.05) is 19.1 Å². The molecular weight excluding hydrogens is 288 g/mol. The number of aryl methyl sites for hydroxylation is 1. The quantitative estimate of drug-likeness (QED) is 0.656. The minimum absolute atomic E-state index is 0.0209. The summed E-state index contributed by atoms with van der Waals surface area (Å²) < 4.78 is 2.14. The molecule has 0 bridgehead atoms. The molecule has 5 heteroatoms. The smallest absolute Gasteiger partial charge is 0.315 e. The number of fused-ring (bicyclic) bond motifs is 1. The van der Waals surface area contributed by atoms with Crippen molar-refractivity contribution in [1.82, 2.24) is 20.2 Å². The lowest BCUT2D eigenvalue weighted by Gasteiger charge is -2.16. The maximum Gasteiger partial charge on any atom is 0.315 e. The van der Waals surface area contributed by atoms with Crippen LogP contribution in [-0.2, 0) is 6.54 Å². The number of hydrogen-bond donors (Lipinski definition) is 2. The van der Waals surface area contributed by atoms with Crippen molar-refractivity contribution in [3.63, 3.8) is 0 Å². The third-order valence-corrected chi connectivity index (χ3v) is 4.58. The van der Waals surface area contributed by atoms with Crippen LogP contribution in [0.4, 0.5) is 4.79 Å². The highest BCUT2D eigenvalue weighted by Gasteiger charge is 2.14. The van der Waals surface area contributed by atoms with E-state index >= 15 is 0 Å². The molecule has 124 valence electrons. The molecule has 3 rings (SSSR count). The standard InChI is InChI=1S/C18H26N4O/c23-18(21-15-8-3-1-2-4-9-15)19-12-7-13-22-14-20-16-10-5-6-11-17(16)22/h5-6,10-11,14-15H,1-4,7-9,12-13H2,(H2,19,21,23). The molecule has 1 aliphatic carbocycles. The van der Waals surface area contributed by atoms with Crippen LogP contribution in [0.25, 0.3) is 11.0 Å². The largest absolute Gasteiger partial charge is 0.338 e. The van der Waals surface area contributed by atoms with E-state index in [-0.39, 0.29) is 6.03 Å². The fourth-order valence-corrected chi connectivity index (χ4v) is 3.30. The van der Waals surface area contributed by atoms with E-state index in [1.807, 2.05) is 24.5 Å². The second-order valence-electron chi connectivity index (χ2n) is 6.37. The maximum absolute atomic E-state index is 12.0. The Bertz CT molecular complexity index is 629. The van der Waals surface area contributed by atoms with Crippen molar-refractivity contribution in [2.24, 2.45) is 0 Å². The van der Waals surface area contributed by atoms with E-state index in [4.69, 9.17) is 0 Å². The van der Waals surface area contributed by atoms with Crippen molar-refractivity contribution in [3.05, 3.63) is 30.6 Å². The molecule has 0 spiro atoms. The van der Waals surface area contributed by atoms with E-state index in [1.165, 1.54) is 25.7 Å². The zero-order chi connectivity index (χ0) is 15.9.